The first-order chi connectivity index (χ1) is 21.0. The molecular formula is C28H25Br4N5O5S2. The first-order valence-electron chi connectivity index (χ1n) is 12.8. The summed E-state index contributed by atoms with van der Waals surface area (Å²) >= 11 is 24.6. The Morgan fingerprint density at radius 2 is 1.27 bits per heavy atom. The molecule has 0 aliphatic carbocycles. The minimum atomic E-state index is -0.456. The van der Waals surface area contributed by atoms with E-state index in [9.17, 15) is 9.59 Å². The number of nitrogens with one attached hydrogen (secondary N) is 4. The van der Waals surface area contributed by atoms with Crippen LogP contribution in [0.1, 0.15) is 20.7 Å². The van der Waals surface area contributed by atoms with Gasteiger partial charge in [0.1, 0.15) is 11.5 Å². The highest BCUT2D eigenvalue weighted by Crippen LogP contribution is 2.34. The Kier molecular flexibility index (Phi) is 12.4. The number of methoxy groups -OCH3 is 2. The summed E-state index contributed by atoms with van der Waals surface area (Å²) in [5, 5.41) is 11.7. The number of amides is 2. The quantitative estimate of drug-likeness (QED) is 0.188. The van der Waals surface area contributed by atoms with Crippen LogP contribution >= 0.6 is 88.2 Å². The van der Waals surface area contributed by atoms with Crippen molar-refractivity contribution in [2.24, 2.45) is 0 Å². The van der Waals surface area contributed by atoms with Gasteiger partial charge < -0.3 is 29.7 Å². The van der Waals surface area contributed by atoms with Crippen LogP contribution in [-0.2, 0) is 4.74 Å². The number of anilines is 3. The minimum absolute atomic E-state index is 0.0708. The van der Waals surface area contributed by atoms with Gasteiger partial charge in [0.25, 0.3) is 11.8 Å². The van der Waals surface area contributed by atoms with E-state index >= 15 is 0 Å². The smallest absolute Gasteiger partial charge is 0.261 e. The van der Waals surface area contributed by atoms with Crippen LogP contribution in [0.25, 0.3) is 0 Å². The second-order valence-corrected chi connectivity index (χ2v) is 13.4. The van der Waals surface area contributed by atoms with Gasteiger partial charge >= 0.3 is 0 Å². The number of nitrogens with zero attached hydrogens (tertiary/aromatic N) is 1. The topological polar surface area (TPSA) is 113 Å². The fourth-order valence-corrected chi connectivity index (χ4v) is 7.51. The summed E-state index contributed by atoms with van der Waals surface area (Å²) in [4.78, 5) is 28.4. The molecule has 0 radical (unpaired) electrons. The molecule has 2 amide bonds. The number of hydrogen-bond acceptors (Lipinski definition) is 8. The molecule has 1 saturated heterocycles. The number of ether oxygens (including phenoxy) is 3. The Bertz CT molecular complexity index is 1620. The fraction of sp³-hybridized carbons (Fsp3) is 0.214. The Hall–Kier alpha value is -2.34. The third-order valence-electron chi connectivity index (χ3n) is 6.22. The lowest BCUT2D eigenvalue weighted by Gasteiger charge is -2.31. The molecule has 0 bridgehead atoms. The molecule has 3 aromatic rings. The number of benzene rings is 3. The molecule has 44 heavy (non-hydrogen) atoms. The van der Waals surface area contributed by atoms with Gasteiger partial charge in [-0.25, -0.2) is 0 Å². The second-order valence-electron chi connectivity index (χ2n) is 9.08. The zero-order chi connectivity index (χ0) is 32.0. The number of morpholine rings is 1. The molecule has 1 fully saturated rings. The van der Waals surface area contributed by atoms with Gasteiger partial charge in [0.2, 0.25) is 0 Å². The summed E-state index contributed by atoms with van der Waals surface area (Å²) < 4.78 is 18.9. The second kappa shape index (κ2) is 15.8. The maximum atomic E-state index is 13.2. The molecular weight excluding hydrogens is 870 g/mol. The van der Waals surface area contributed by atoms with Crippen molar-refractivity contribution in [2.75, 3.05) is 56.1 Å². The zero-order valence-electron chi connectivity index (χ0n) is 23.2. The number of rotatable bonds is 7. The van der Waals surface area contributed by atoms with Gasteiger partial charge in [-0.2, -0.15) is 0 Å². The van der Waals surface area contributed by atoms with E-state index in [4.69, 9.17) is 38.6 Å². The molecule has 0 aromatic heterocycles. The number of thiocarbonyl (C=S) groups is 2. The summed E-state index contributed by atoms with van der Waals surface area (Å²) in [5.41, 5.74) is 2.60. The zero-order valence-corrected chi connectivity index (χ0v) is 31.2. The number of carbonyl (C=O) groups is 2. The molecule has 16 heteroatoms. The first-order valence-corrected chi connectivity index (χ1v) is 16.8. The van der Waals surface area contributed by atoms with Crippen molar-refractivity contribution in [3.8, 4) is 11.5 Å². The van der Waals surface area contributed by atoms with Crippen LogP contribution in [0.5, 0.6) is 11.5 Å². The molecule has 0 atom stereocenters. The van der Waals surface area contributed by atoms with E-state index in [1.165, 1.54) is 14.2 Å². The third-order valence-corrected chi connectivity index (χ3v) is 8.72. The molecule has 0 spiro atoms. The highest BCUT2D eigenvalue weighted by atomic mass is 79.9. The third kappa shape index (κ3) is 8.68. The molecule has 4 rings (SSSR count). The monoisotopic (exact) mass is 891 g/mol. The average molecular weight is 895 g/mol. The van der Waals surface area contributed by atoms with E-state index in [1.807, 2.05) is 12.1 Å². The van der Waals surface area contributed by atoms with Crippen molar-refractivity contribution in [2.45, 2.75) is 0 Å². The van der Waals surface area contributed by atoms with Crippen molar-refractivity contribution in [1.29, 1.82) is 0 Å². The number of halogens is 4. The number of hydrogen-bond donors (Lipinski definition) is 4. The van der Waals surface area contributed by atoms with Crippen molar-refractivity contribution >= 4 is 127 Å². The molecule has 0 saturated carbocycles. The maximum absolute atomic E-state index is 13.2. The standard InChI is InChI=1S/C28H25Br4N5O5S2/c1-40-23-17(9-14(29)11-19(23)31)25(38)35-27(43)33-16-3-4-22(37-5-7-42-8-6-37)21(13-16)34-28(44)36-26(39)18-10-15(30)12-20(32)24(18)41-2/h3-4,9-13H,5-8H2,1-2H3,(H2,33,35,38,43)(H2,34,36,39,44). The summed E-state index contributed by atoms with van der Waals surface area (Å²) in [6, 6.07) is 12.3. The maximum Gasteiger partial charge on any atom is 0.261 e. The molecule has 1 heterocycles. The van der Waals surface area contributed by atoms with E-state index in [0.717, 1.165) is 5.69 Å². The van der Waals surface area contributed by atoms with Crippen LogP contribution in [-0.4, -0.2) is 62.6 Å². The van der Waals surface area contributed by atoms with Gasteiger partial charge in [-0.1, -0.05) is 31.9 Å². The van der Waals surface area contributed by atoms with Crippen LogP contribution in [0.15, 0.2) is 60.4 Å². The minimum Gasteiger partial charge on any atom is -0.495 e. The first kappa shape index (κ1) is 34.5. The summed E-state index contributed by atoms with van der Waals surface area (Å²) in [5.74, 6) is -0.166. The highest BCUT2D eigenvalue weighted by Gasteiger charge is 2.21. The van der Waals surface area contributed by atoms with Crippen LogP contribution in [0, 0.1) is 0 Å². The fourth-order valence-electron chi connectivity index (χ4n) is 4.32. The lowest BCUT2D eigenvalue weighted by atomic mass is 10.2. The molecule has 0 unspecified atom stereocenters. The Balaban J connectivity index is 1.53. The van der Waals surface area contributed by atoms with E-state index < -0.39 is 11.8 Å². The Labute approximate surface area is 298 Å². The van der Waals surface area contributed by atoms with Gasteiger partial charge in [-0.05, 0) is 98.8 Å². The average Bonchev–Trinajstić information content (AvgIpc) is 2.96. The summed E-state index contributed by atoms with van der Waals surface area (Å²) in [6.45, 7) is 2.48. The predicted molar refractivity (Wildman–Crippen MR) is 194 cm³/mol. The highest BCUT2D eigenvalue weighted by molar-refractivity contribution is 9.11. The van der Waals surface area contributed by atoms with E-state index in [1.54, 1.807) is 30.3 Å². The SMILES string of the molecule is COc1c(Br)cc(Br)cc1C(=O)NC(=S)Nc1ccc(N2CCOCC2)c(NC(=S)NC(=O)c2cc(Br)cc(Br)c2OC)c1. The molecule has 4 N–H and O–H groups in total. The molecule has 1 aliphatic rings. The van der Waals surface area contributed by atoms with E-state index in [-0.39, 0.29) is 21.4 Å². The van der Waals surface area contributed by atoms with Gasteiger partial charge in [-0.15, -0.1) is 0 Å². The van der Waals surface area contributed by atoms with Crippen LogP contribution in [0.3, 0.4) is 0 Å². The van der Waals surface area contributed by atoms with Crippen LogP contribution in [0.2, 0.25) is 0 Å². The van der Waals surface area contributed by atoms with Crippen molar-refractivity contribution in [3.63, 3.8) is 0 Å². The van der Waals surface area contributed by atoms with Crippen LogP contribution < -0.4 is 35.6 Å². The van der Waals surface area contributed by atoms with E-state index in [2.05, 4.69) is 89.9 Å². The molecule has 10 nitrogen and oxygen atoms in total. The van der Waals surface area contributed by atoms with Crippen molar-refractivity contribution in [3.05, 3.63) is 71.5 Å². The largest absolute Gasteiger partial charge is 0.495 e. The lowest BCUT2D eigenvalue weighted by molar-refractivity contribution is 0.0966. The van der Waals surface area contributed by atoms with E-state index in [0.29, 0.717) is 67.1 Å². The number of carbonyl (C=O) groups excluding carboxylic acids is 2. The summed E-state index contributed by atoms with van der Waals surface area (Å²) in [6.07, 6.45) is 0. The summed E-state index contributed by atoms with van der Waals surface area (Å²) in [7, 11) is 2.96. The van der Waals surface area contributed by atoms with Gasteiger partial charge in [0, 0.05) is 27.7 Å². The lowest BCUT2D eigenvalue weighted by Crippen LogP contribution is -2.38. The van der Waals surface area contributed by atoms with Crippen LogP contribution in [0.4, 0.5) is 17.1 Å². The van der Waals surface area contributed by atoms with Crippen molar-refractivity contribution < 1.29 is 23.8 Å². The van der Waals surface area contributed by atoms with Gasteiger partial charge in [-0.3, -0.25) is 20.2 Å². The van der Waals surface area contributed by atoms with Gasteiger partial charge in [0.15, 0.2) is 10.2 Å². The predicted octanol–water partition coefficient (Wildman–Crippen LogP) is 6.84. The molecule has 232 valence electrons. The Morgan fingerprint density at radius 3 is 1.77 bits per heavy atom. The normalized spacial score (nSPS) is 12.6. The molecule has 3 aromatic carbocycles. The van der Waals surface area contributed by atoms with Gasteiger partial charge in [0.05, 0.1) is 58.9 Å². The Morgan fingerprint density at radius 1 is 0.773 bits per heavy atom. The van der Waals surface area contributed by atoms with Crippen molar-refractivity contribution in [1.82, 2.24) is 10.6 Å². The molecule has 1 aliphatic heterocycles.